The summed E-state index contributed by atoms with van der Waals surface area (Å²) in [5.41, 5.74) is 2.01. The van der Waals surface area contributed by atoms with Gasteiger partial charge in [-0.25, -0.2) is 0 Å². The molecule has 0 aliphatic rings. The highest BCUT2D eigenvalue weighted by molar-refractivity contribution is 6.36. The van der Waals surface area contributed by atoms with Gasteiger partial charge in [-0.15, -0.1) is 0 Å². The third-order valence-electron chi connectivity index (χ3n) is 2.29. The molecule has 1 aromatic heterocycles. The number of rotatable bonds is 3. The molecule has 0 fully saturated rings. The van der Waals surface area contributed by atoms with Crippen molar-refractivity contribution in [1.82, 2.24) is 5.32 Å². The molecule has 0 unspecified atom stereocenters. The van der Waals surface area contributed by atoms with Crippen LogP contribution in [0.25, 0.3) is 11.0 Å². The van der Waals surface area contributed by atoms with Crippen LogP contribution in [0.15, 0.2) is 28.9 Å². The molecule has 1 heterocycles. The molecule has 0 aliphatic carbocycles. The van der Waals surface area contributed by atoms with E-state index in [4.69, 9.17) is 16.0 Å². The van der Waals surface area contributed by atoms with Gasteiger partial charge in [0, 0.05) is 5.39 Å². The van der Waals surface area contributed by atoms with Crippen molar-refractivity contribution in [3.05, 3.63) is 35.0 Å². The summed E-state index contributed by atoms with van der Waals surface area (Å²) in [6.45, 7) is 0.934. The first-order chi connectivity index (χ1) is 6.83. The maximum atomic E-state index is 6.23. The predicted molar refractivity (Wildman–Crippen MR) is 58.9 cm³/mol. The Balaban J connectivity index is 2.40. The molecule has 0 atom stereocenters. The van der Waals surface area contributed by atoms with E-state index in [1.165, 1.54) is 0 Å². The van der Waals surface area contributed by atoms with E-state index in [9.17, 15) is 0 Å². The molecular weight excluding hydrogens is 198 g/mol. The number of nitrogens with one attached hydrogen (secondary N) is 1. The van der Waals surface area contributed by atoms with Crippen LogP contribution < -0.4 is 5.32 Å². The van der Waals surface area contributed by atoms with Gasteiger partial charge in [-0.3, -0.25) is 0 Å². The van der Waals surface area contributed by atoms with Crippen LogP contribution in [0.5, 0.6) is 0 Å². The van der Waals surface area contributed by atoms with Crippen LogP contribution in [0.4, 0.5) is 0 Å². The van der Waals surface area contributed by atoms with Crippen LogP contribution in [0.3, 0.4) is 0 Å². The Morgan fingerprint density at radius 1 is 1.36 bits per heavy atom. The van der Waals surface area contributed by atoms with Crippen molar-refractivity contribution in [3.63, 3.8) is 0 Å². The second kappa shape index (κ2) is 4.03. The number of hydrogen-bond donors (Lipinski definition) is 1. The Kier molecular flexibility index (Phi) is 2.75. The minimum atomic E-state index is 0.812. The molecule has 74 valence electrons. The van der Waals surface area contributed by atoms with E-state index >= 15 is 0 Å². The quantitative estimate of drug-likeness (QED) is 0.841. The maximum absolute atomic E-state index is 6.23. The number of furan rings is 1. The van der Waals surface area contributed by atoms with Crippen molar-refractivity contribution in [2.75, 3.05) is 13.6 Å². The van der Waals surface area contributed by atoms with E-state index in [-0.39, 0.29) is 0 Å². The third-order valence-corrected chi connectivity index (χ3v) is 2.74. The number of likely N-dealkylation sites (N-methyl/N-ethyl adjacent to an activating group) is 1. The molecule has 0 bridgehead atoms. The first kappa shape index (κ1) is 9.56. The van der Waals surface area contributed by atoms with Gasteiger partial charge in [-0.05, 0) is 37.7 Å². The van der Waals surface area contributed by atoms with Gasteiger partial charge in [0.1, 0.15) is 5.58 Å². The Morgan fingerprint density at radius 3 is 3.00 bits per heavy atom. The largest absolute Gasteiger partial charge is 0.464 e. The van der Waals surface area contributed by atoms with Crippen molar-refractivity contribution in [2.45, 2.75) is 6.42 Å². The fourth-order valence-corrected chi connectivity index (χ4v) is 1.82. The van der Waals surface area contributed by atoms with Crippen molar-refractivity contribution in [1.29, 1.82) is 0 Å². The lowest BCUT2D eigenvalue weighted by Gasteiger charge is -2.03. The van der Waals surface area contributed by atoms with Gasteiger partial charge in [0.05, 0.1) is 11.3 Å². The summed E-state index contributed by atoms with van der Waals surface area (Å²) in [4.78, 5) is 0. The highest BCUT2D eigenvalue weighted by atomic mass is 35.5. The van der Waals surface area contributed by atoms with Crippen molar-refractivity contribution in [3.8, 4) is 0 Å². The van der Waals surface area contributed by atoms with Gasteiger partial charge in [-0.1, -0.05) is 17.7 Å². The average Bonchev–Trinajstić information content (AvgIpc) is 2.66. The molecule has 2 aromatic rings. The molecular formula is C11H12ClNO. The van der Waals surface area contributed by atoms with Crippen LogP contribution in [0, 0.1) is 0 Å². The lowest BCUT2D eigenvalue weighted by Crippen LogP contribution is -2.10. The SMILES string of the molecule is CNCCc1ccc2occc2c1Cl. The van der Waals surface area contributed by atoms with E-state index in [0.717, 1.165) is 34.5 Å². The monoisotopic (exact) mass is 209 g/mol. The van der Waals surface area contributed by atoms with Crippen LogP contribution in [0.1, 0.15) is 5.56 Å². The second-order valence-electron chi connectivity index (χ2n) is 3.22. The Hall–Kier alpha value is -0.990. The predicted octanol–water partition coefficient (Wildman–Crippen LogP) is 2.85. The molecule has 2 nitrogen and oxygen atoms in total. The smallest absolute Gasteiger partial charge is 0.135 e. The Morgan fingerprint density at radius 2 is 2.21 bits per heavy atom. The van der Waals surface area contributed by atoms with E-state index < -0.39 is 0 Å². The van der Waals surface area contributed by atoms with Gasteiger partial charge < -0.3 is 9.73 Å². The van der Waals surface area contributed by atoms with Gasteiger partial charge >= 0.3 is 0 Å². The Labute approximate surface area is 87.9 Å². The van der Waals surface area contributed by atoms with Crippen LogP contribution >= 0.6 is 11.6 Å². The molecule has 1 aromatic carbocycles. The van der Waals surface area contributed by atoms with Gasteiger partial charge in [0.2, 0.25) is 0 Å². The first-order valence-corrected chi connectivity index (χ1v) is 5.00. The van der Waals surface area contributed by atoms with Gasteiger partial charge in [-0.2, -0.15) is 0 Å². The number of fused-ring (bicyclic) bond motifs is 1. The molecule has 0 spiro atoms. The summed E-state index contributed by atoms with van der Waals surface area (Å²) >= 11 is 6.23. The highest BCUT2D eigenvalue weighted by Gasteiger charge is 2.06. The van der Waals surface area contributed by atoms with Crippen LogP contribution in [0.2, 0.25) is 5.02 Å². The molecule has 14 heavy (non-hydrogen) atoms. The molecule has 1 N–H and O–H groups in total. The minimum Gasteiger partial charge on any atom is -0.464 e. The lowest BCUT2D eigenvalue weighted by molar-refractivity contribution is 0.615. The number of halogens is 1. The number of hydrogen-bond acceptors (Lipinski definition) is 2. The fourth-order valence-electron chi connectivity index (χ4n) is 1.51. The second-order valence-corrected chi connectivity index (χ2v) is 3.60. The zero-order valence-corrected chi connectivity index (χ0v) is 8.77. The fraction of sp³-hybridized carbons (Fsp3) is 0.273. The third kappa shape index (κ3) is 1.63. The van der Waals surface area contributed by atoms with E-state index in [1.54, 1.807) is 6.26 Å². The molecule has 0 saturated heterocycles. The van der Waals surface area contributed by atoms with Gasteiger partial charge in [0.25, 0.3) is 0 Å². The zero-order valence-electron chi connectivity index (χ0n) is 8.01. The van der Waals surface area contributed by atoms with Crippen LogP contribution in [-0.4, -0.2) is 13.6 Å². The lowest BCUT2D eigenvalue weighted by atomic mass is 10.1. The van der Waals surface area contributed by atoms with E-state index in [2.05, 4.69) is 5.32 Å². The minimum absolute atomic E-state index is 0.812. The molecule has 0 amide bonds. The van der Waals surface area contributed by atoms with Crippen molar-refractivity contribution >= 4 is 22.6 Å². The zero-order chi connectivity index (χ0) is 9.97. The summed E-state index contributed by atoms with van der Waals surface area (Å²) in [7, 11) is 1.93. The first-order valence-electron chi connectivity index (χ1n) is 4.62. The summed E-state index contributed by atoms with van der Waals surface area (Å²) < 4.78 is 5.26. The highest BCUT2D eigenvalue weighted by Crippen LogP contribution is 2.28. The normalized spacial score (nSPS) is 11.0. The van der Waals surface area contributed by atoms with Crippen molar-refractivity contribution < 1.29 is 4.42 Å². The van der Waals surface area contributed by atoms with Crippen molar-refractivity contribution in [2.24, 2.45) is 0 Å². The molecule has 3 heteroatoms. The Bertz CT molecular complexity index is 436. The van der Waals surface area contributed by atoms with E-state index in [1.807, 2.05) is 25.2 Å². The summed E-state index contributed by atoms with van der Waals surface area (Å²) in [6, 6.07) is 5.89. The molecule has 0 radical (unpaired) electrons. The average molecular weight is 210 g/mol. The standard InChI is InChI=1S/C11H12ClNO/c1-13-6-4-8-2-3-10-9(11(8)12)5-7-14-10/h2-3,5,7,13H,4,6H2,1H3. The molecule has 2 rings (SSSR count). The molecule has 0 aliphatic heterocycles. The summed E-state index contributed by atoms with van der Waals surface area (Å²) in [6.07, 6.45) is 2.61. The van der Waals surface area contributed by atoms with Crippen LogP contribution in [-0.2, 0) is 6.42 Å². The van der Waals surface area contributed by atoms with Gasteiger partial charge in [0.15, 0.2) is 0 Å². The summed E-state index contributed by atoms with van der Waals surface area (Å²) in [5.74, 6) is 0. The topological polar surface area (TPSA) is 25.2 Å². The maximum Gasteiger partial charge on any atom is 0.135 e. The van der Waals surface area contributed by atoms with E-state index in [0.29, 0.717) is 0 Å². The summed E-state index contributed by atoms with van der Waals surface area (Å²) in [5, 5.41) is 4.92. The number of benzene rings is 1. The molecule has 0 saturated carbocycles.